The number of benzene rings is 1. The summed E-state index contributed by atoms with van der Waals surface area (Å²) in [5.41, 5.74) is 0.424. The summed E-state index contributed by atoms with van der Waals surface area (Å²) in [5, 5.41) is 7.05. The van der Waals surface area contributed by atoms with E-state index in [4.69, 9.17) is 16.3 Å². The van der Waals surface area contributed by atoms with Crippen molar-refractivity contribution in [1.82, 2.24) is 20.3 Å². The lowest BCUT2D eigenvalue weighted by molar-refractivity contribution is 0.0923. The van der Waals surface area contributed by atoms with Crippen LogP contribution < -0.4 is 20.3 Å². The Kier molecular flexibility index (Phi) is 8.90. The minimum atomic E-state index is -0.179. The quantitative estimate of drug-likeness (QED) is 0.471. The van der Waals surface area contributed by atoms with Crippen molar-refractivity contribution < 1.29 is 9.53 Å². The van der Waals surface area contributed by atoms with Crippen LogP contribution in [0, 0.1) is 0 Å². The fourth-order valence-electron chi connectivity index (χ4n) is 3.81. The van der Waals surface area contributed by atoms with Crippen molar-refractivity contribution in [3.05, 3.63) is 65.4 Å². The number of halogens is 2. The molecule has 10 heteroatoms. The number of rotatable bonds is 7. The second kappa shape index (κ2) is 11.9. The van der Waals surface area contributed by atoms with Crippen LogP contribution in [-0.2, 0) is 0 Å². The van der Waals surface area contributed by atoms with E-state index in [1.807, 2.05) is 49.3 Å². The van der Waals surface area contributed by atoms with Gasteiger partial charge >= 0.3 is 0 Å². The number of amides is 1. The van der Waals surface area contributed by atoms with Gasteiger partial charge in [0.05, 0.1) is 6.20 Å². The molecular formula is C24H28Cl2N6O2. The zero-order valence-corrected chi connectivity index (χ0v) is 20.6. The number of nitrogens with zero attached hydrogens (tertiary/aromatic N) is 4. The number of para-hydroxylation sites is 1. The van der Waals surface area contributed by atoms with Gasteiger partial charge in [-0.15, -0.1) is 12.4 Å². The van der Waals surface area contributed by atoms with Crippen LogP contribution in [0.25, 0.3) is 0 Å². The summed E-state index contributed by atoms with van der Waals surface area (Å²) in [6.07, 6.45) is 6.73. The first-order valence-corrected chi connectivity index (χ1v) is 11.3. The Morgan fingerprint density at radius 3 is 2.44 bits per heavy atom. The molecule has 2 heterocycles. The maximum Gasteiger partial charge on any atom is 0.257 e. The smallest absolute Gasteiger partial charge is 0.257 e. The summed E-state index contributed by atoms with van der Waals surface area (Å²) in [6, 6.07) is 13.1. The van der Waals surface area contributed by atoms with E-state index in [-0.39, 0.29) is 30.4 Å². The van der Waals surface area contributed by atoms with Crippen molar-refractivity contribution in [1.29, 1.82) is 0 Å². The Bertz CT molecular complexity index is 1090. The average molecular weight is 503 g/mol. The Hall–Kier alpha value is -3.10. The van der Waals surface area contributed by atoms with E-state index in [0.29, 0.717) is 34.0 Å². The summed E-state index contributed by atoms with van der Waals surface area (Å²) in [5.74, 6) is 2.00. The van der Waals surface area contributed by atoms with Crippen LogP contribution in [0.2, 0.25) is 5.02 Å². The van der Waals surface area contributed by atoms with Crippen molar-refractivity contribution in [3.8, 4) is 11.6 Å². The van der Waals surface area contributed by atoms with Crippen LogP contribution >= 0.6 is 24.0 Å². The number of ether oxygens (including phenoxy) is 1. The molecule has 0 aliphatic heterocycles. The van der Waals surface area contributed by atoms with Crippen molar-refractivity contribution in [3.63, 3.8) is 0 Å². The first-order valence-electron chi connectivity index (χ1n) is 10.9. The van der Waals surface area contributed by atoms with Crippen LogP contribution in [0.15, 0.2) is 54.9 Å². The largest absolute Gasteiger partial charge is 0.438 e. The third-order valence-electron chi connectivity index (χ3n) is 5.52. The highest BCUT2D eigenvalue weighted by Crippen LogP contribution is 2.26. The first-order chi connectivity index (χ1) is 16.0. The number of anilines is 2. The molecule has 0 atom stereocenters. The number of carbonyl (C=O) groups excluding carboxylic acids is 1. The van der Waals surface area contributed by atoms with E-state index in [1.165, 1.54) is 0 Å². The van der Waals surface area contributed by atoms with Gasteiger partial charge in [-0.2, -0.15) is 4.98 Å². The van der Waals surface area contributed by atoms with Crippen LogP contribution in [0.3, 0.4) is 0 Å². The number of hydrogen-bond acceptors (Lipinski definition) is 7. The molecule has 1 amide bonds. The van der Waals surface area contributed by atoms with Gasteiger partial charge in [-0.05, 0) is 49.9 Å². The number of aromatic nitrogens is 3. The minimum absolute atomic E-state index is 0. The highest BCUT2D eigenvalue weighted by atomic mass is 35.5. The molecule has 180 valence electrons. The lowest BCUT2D eigenvalue weighted by Gasteiger charge is -2.30. The predicted octanol–water partition coefficient (Wildman–Crippen LogP) is 4.96. The summed E-state index contributed by atoms with van der Waals surface area (Å²) >= 11 is 6.16. The van der Waals surface area contributed by atoms with Gasteiger partial charge in [-0.25, -0.2) is 9.97 Å². The van der Waals surface area contributed by atoms with Crippen LogP contribution in [0.1, 0.15) is 36.0 Å². The summed E-state index contributed by atoms with van der Waals surface area (Å²) in [7, 11) is 3.79. The molecule has 34 heavy (non-hydrogen) atoms. The monoisotopic (exact) mass is 502 g/mol. The van der Waals surface area contributed by atoms with Gasteiger partial charge in [0.15, 0.2) is 5.82 Å². The highest BCUT2D eigenvalue weighted by molar-refractivity contribution is 6.32. The first kappa shape index (κ1) is 25.5. The molecule has 0 radical (unpaired) electrons. The molecular weight excluding hydrogens is 475 g/mol. The topological polar surface area (TPSA) is 92.3 Å². The molecule has 0 unspecified atom stereocenters. The number of carbonyl (C=O) groups is 1. The van der Waals surface area contributed by atoms with Crippen LogP contribution in [-0.4, -0.2) is 47.0 Å². The third kappa shape index (κ3) is 6.48. The lowest BCUT2D eigenvalue weighted by atomic mass is 9.91. The van der Waals surface area contributed by atoms with Crippen molar-refractivity contribution in [2.75, 3.05) is 24.3 Å². The zero-order valence-electron chi connectivity index (χ0n) is 19.1. The van der Waals surface area contributed by atoms with Crippen LogP contribution in [0.4, 0.5) is 11.8 Å². The minimum Gasteiger partial charge on any atom is -0.438 e. The molecule has 0 saturated heterocycles. The second-order valence-electron chi connectivity index (χ2n) is 8.20. The summed E-state index contributed by atoms with van der Waals surface area (Å²) in [4.78, 5) is 27.8. The Morgan fingerprint density at radius 2 is 1.74 bits per heavy atom. The SMILES string of the molecule is CN(C)c1nc(N[C@H]2CC[C@@H](NC(=O)c3cccnc3Oc3ccccc3)CC2)ncc1Cl.Cl. The van der Waals surface area contributed by atoms with Gasteiger partial charge in [0.1, 0.15) is 16.3 Å². The van der Waals surface area contributed by atoms with E-state index >= 15 is 0 Å². The molecule has 1 fully saturated rings. The van der Waals surface area contributed by atoms with Crippen molar-refractivity contribution >= 4 is 41.7 Å². The van der Waals surface area contributed by atoms with Crippen molar-refractivity contribution in [2.45, 2.75) is 37.8 Å². The lowest BCUT2D eigenvalue weighted by Crippen LogP contribution is -2.40. The Labute approximate surface area is 210 Å². The van der Waals surface area contributed by atoms with Gasteiger partial charge in [0, 0.05) is 32.4 Å². The number of pyridine rings is 1. The molecule has 0 bridgehead atoms. The van der Waals surface area contributed by atoms with Crippen LogP contribution in [0.5, 0.6) is 11.6 Å². The maximum absolute atomic E-state index is 12.9. The van der Waals surface area contributed by atoms with Gasteiger partial charge in [-0.1, -0.05) is 29.8 Å². The fraction of sp³-hybridized carbons (Fsp3) is 0.333. The molecule has 1 aliphatic rings. The van der Waals surface area contributed by atoms with Crippen molar-refractivity contribution in [2.24, 2.45) is 0 Å². The standard InChI is InChI=1S/C24H27ClN6O2.ClH/c1-31(2)21-20(25)15-27-24(30-21)29-17-12-10-16(11-13-17)28-22(32)19-9-6-14-26-23(19)33-18-7-4-3-5-8-18;/h3-9,14-17H,10-13H2,1-2H3,(H,28,32)(H,27,29,30);1H/t16-,17+;. The molecule has 4 rings (SSSR count). The second-order valence-corrected chi connectivity index (χ2v) is 8.60. The highest BCUT2D eigenvalue weighted by Gasteiger charge is 2.25. The molecule has 2 aromatic heterocycles. The fourth-order valence-corrected chi connectivity index (χ4v) is 4.07. The van der Waals surface area contributed by atoms with E-state index in [2.05, 4.69) is 25.6 Å². The predicted molar refractivity (Wildman–Crippen MR) is 137 cm³/mol. The normalized spacial score (nSPS) is 17.3. The summed E-state index contributed by atoms with van der Waals surface area (Å²) in [6.45, 7) is 0. The third-order valence-corrected chi connectivity index (χ3v) is 5.78. The maximum atomic E-state index is 12.9. The zero-order chi connectivity index (χ0) is 23.2. The molecule has 3 aromatic rings. The van der Waals surface area contributed by atoms with E-state index in [0.717, 1.165) is 25.7 Å². The molecule has 2 N–H and O–H groups in total. The Balaban J connectivity index is 0.00000324. The molecule has 0 spiro atoms. The van der Waals surface area contributed by atoms with Gasteiger partial charge in [0.25, 0.3) is 5.91 Å². The van der Waals surface area contributed by atoms with E-state index in [9.17, 15) is 4.79 Å². The molecule has 1 aliphatic carbocycles. The number of hydrogen-bond donors (Lipinski definition) is 2. The summed E-state index contributed by atoms with van der Waals surface area (Å²) < 4.78 is 5.83. The molecule has 1 saturated carbocycles. The molecule has 8 nitrogen and oxygen atoms in total. The Morgan fingerprint density at radius 1 is 1.03 bits per heavy atom. The average Bonchev–Trinajstić information content (AvgIpc) is 2.82. The van der Waals surface area contributed by atoms with Gasteiger partial charge < -0.3 is 20.3 Å². The van der Waals surface area contributed by atoms with E-state index < -0.39 is 0 Å². The van der Waals surface area contributed by atoms with Gasteiger partial charge in [-0.3, -0.25) is 4.79 Å². The van der Waals surface area contributed by atoms with Gasteiger partial charge in [0.2, 0.25) is 11.8 Å². The van der Waals surface area contributed by atoms with E-state index in [1.54, 1.807) is 24.5 Å². The molecule has 1 aromatic carbocycles. The number of nitrogens with one attached hydrogen (secondary N) is 2.